The smallest absolute Gasteiger partial charge is 0.253 e. The zero-order valence-corrected chi connectivity index (χ0v) is 20.6. The van der Waals surface area contributed by atoms with E-state index in [1.807, 2.05) is 0 Å². The Morgan fingerprint density at radius 1 is 1.00 bits per heavy atom. The average Bonchev–Trinajstić information content (AvgIpc) is 2.86. The SMILES string of the molecule is COc1ccnc(C(=O)CC(=O)N(Cc2ccc(OC)c(Cl)c2)c2cccc(C(=O)N(C)C)c2)n1. The van der Waals surface area contributed by atoms with Crippen molar-refractivity contribution in [1.82, 2.24) is 14.9 Å². The normalized spacial score (nSPS) is 10.4. The van der Waals surface area contributed by atoms with E-state index >= 15 is 0 Å². The number of benzene rings is 2. The molecule has 0 N–H and O–H groups in total. The number of carbonyl (C=O) groups excluding carboxylic acids is 3. The van der Waals surface area contributed by atoms with Gasteiger partial charge in [0.2, 0.25) is 17.6 Å². The van der Waals surface area contributed by atoms with E-state index in [0.29, 0.717) is 27.6 Å². The third-order valence-corrected chi connectivity index (χ3v) is 5.36. The number of ether oxygens (including phenoxy) is 2. The fourth-order valence-corrected chi connectivity index (χ4v) is 3.56. The molecule has 0 spiro atoms. The molecular formula is C25H25ClN4O5. The Morgan fingerprint density at radius 2 is 1.77 bits per heavy atom. The summed E-state index contributed by atoms with van der Waals surface area (Å²) in [6, 6.07) is 13.3. The maximum Gasteiger partial charge on any atom is 0.253 e. The standard InChI is InChI=1S/C25H25ClN4O5/c1-29(2)25(33)17-6-5-7-18(13-17)30(15-16-8-9-21(34-3)19(26)12-16)23(32)14-20(31)24-27-11-10-22(28-24)35-4/h5-13H,14-15H2,1-4H3. The summed E-state index contributed by atoms with van der Waals surface area (Å²) in [5.41, 5.74) is 1.56. The first kappa shape index (κ1) is 25.6. The number of aromatic nitrogens is 2. The molecule has 0 radical (unpaired) electrons. The van der Waals surface area contributed by atoms with Crippen LogP contribution in [0.5, 0.6) is 11.6 Å². The van der Waals surface area contributed by atoms with Crippen molar-refractivity contribution in [2.24, 2.45) is 0 Å². The van der Waals surface area contributed by atoms with E-state index in [0.717, 1.165) is 0 Å². The second kappa shape index (κ2) is 11.4. The minimum absolute atomic E-state index is 0.106. The summed E-state index contributed by atoms with van der Waals surface area (Å²) in [6.07, 6.45) is 0.903. The molecule has 1 aromatic heterocycles. The molecule has 3 aromatic rings. The zero-order valence-electron chi connectivity index (χ0n) is 19.8. The zero-order chi connectivity index (χ0) is 25.5. The maximum absolute atomic E-state index is 13.4. The van der Waals surface area contributed by atoms with E-state index in [-0.39, 0.29) is 24.2 Å². The molecule has 0 aliphatic rings. The Bertz CT molecular complexity index is 1250. The molecular weight excluding hydrogens is 472 g/mol. The van der Waals surface area contributed by atoms with E-state index in [9.17, 15) is 14.4 Å². The predicted molar refractivity (Wildman–Crippen MR) is 131 cm³/mol. The number of methoxy groups -OCH3 is 2. The number of nitrogens with zero attached hydrogens (tertiary/aromatic N) is 4. The van der Waals surface area contributed by atoms with Crippen LogP contribution in [0.4, 0.5) is 5.69 Å². The number of halogens is 1. The highest BCUT2D eigenvalue weighted by Crippen LogP contribution is 2.27. The number of hydrogen-bond acceptors (Lipinski definition) is 7. The molecule has 35 heavy (non-hydrogen) atoms. The lowest BCUT2D eigenvalue weighted by molar-refractivity contribution is -0.117. The van der Waals surface area contributed by atoms with Gasteiger partial charge in [-0.25, -0.2) is 4.98 Å². The van der Waals surface area contributed by atoms with Crippen LogP contribution in [-0.4, -0.2) is 60.8 Å². The van der Waals surface area contributed by atoms with Gasteiger partial charge in [-0.15, -0.1) is 0 Å². The monoisotopic (exact) mass is 496 g/mol. The number of hydrogen-bond donors (Lipinski definition) is 0. The number of amides is 2. The Hall–Kier alpha value is -3.98. The van der Waals surface area contributed by atoms with Crippen LogP contribution >= 0.6 is 11.6 Å². The molecule has 0 unspecified atom stereocenters. The fourth-order valence-electron chi connectivity index (χ4n) is 3.28. The molecule has 182 valence electrons. The van der Waals surface area contributed by atoms with Gasteiger partial charge in [0.05, 0.1) is 32.2 Å². The summed E-state index contributed by atoms with van der Waals surface area (Å²) in [5.74, 6) is -0.683. The Kier molecular flexibility index (Phi) is 8.38. The van der Waals surface area contributed by atoms with Crippen LogP contribution in [0.25, 0.3) is 0 Å². The van der Waals surface area contributed by atoms with Gasteiger partial charge in [-0.2, -0.15) is 4.98 Å². The van der Waals surface area contributed by atoms with E-state index in [1.165, 1.54) is 36.3 Å². The van der Waals surface area contributed by atoms with Gasteiger partial charge in [-0.1, -0.05) is 23.7 Å². The number of anilines is 1. The van der Waals surface area contributed by atoms with Gasteiger partial charge in [0.15, 0.2) is 5.82 Å². The molecule has 0 saturated carbocycles. The highest BCUT2D eigenvalue weighted by atomic mass is 35.5. The van der Waals surface area contributed by atoms with Crippen molar-refractivity contribution >= 4 is 34.9 Å². The third kappa shape index (κ3) is 6.33. The second-order valence-corrected chi connectivity index (χ2v) is 8.13. The van der Waals surface area contributed by atoms with Crippen LogP contribution in [0.15, 0.2) is 54.7 Å². The minimum Gasteiger partial charge on any atom is -0.495 e. The van der Waals surface area contributed by atoms with E-state index in [4.69, 9.17) is 21.1 Å². The van der Waals surface area contributed by atoms with Crippen LogP contribution in [-0.2, 0) is 11.3 Å². The van der Waals surface area contributed by atoms with Crippen molar-refractivity contribution in [3.05, 3.63) is 76.7 Å². The van der Waals surface area contributed by atoms with E-state index in [1.54, 1.807) is 56.6 Å². The van der Waals surface area contributed by atoms with Gasteiger partial charge in [-0.3, -0.25) is 14.4 Å². The average molecular weight is 497 g/mol. The molecule has 9 nitrogen and oxygen atoms in total. The quantitative estimate of drug-likeness (QED) is 0.329. The first-order valence-electron chi connectivity index (χ1n) is 10.6. The van der Waals surface area contributed by atoms with Gasteiger partial charge in [0.1, 0.15) is 5.75 Å². The summed E-state index contributed by atoms with van der Waals surface area (Å²) in [6.45, 7) is 0.106. The van der Waals surface area contributed by atoms with Crippen LogP contribution in [0, 0.1) is 0 Å². The largest absolute Gasteiger partial charge is 0.495 e. The lowest BCUT2D eigenvalue weighted by atomic mass is 10.1. The first-order chi connectivity index (χ1) is 16.7. The van der Waals surface area contributed by atoms with Gasteiger partial charge in [-0.05, 0) is 35.9 Å². The molecule has 2 amide bonds. The third-order valence-electron chi connectivity index (χ3n) is 5.07. The number of carbonyl (C=O) groups is 3. The molecule has 0 atom stereocenters. The molecule has 2 aromatic carbocycles. The number of ketones is 1. The number of Topliss-reactive ketones (excluding diaryl/α,β-unsaturated/α-hetero) is 1. The van der Waals surface area contributed by atoms with Crippen LogP contribution in [0.3, 0.4) is 0 Å². The Morgan fingerprint density at radius 3 is 2.43 bits per heavy atom. The van der Waals surface area contributed by atoms with Crippen molar-refractivity contribution in [1.29, 1.82) is 0 Å². The summed E-state index contributed by atoms with van der Waals surface area (Å²) < 4.78 is 10.2. The molecule has 0 aliphatic heterocycles. The topological polar surface area (TPSA) is 102 Å². The van der Waals surface area contributed by atoms with Crippen molar-refractivity contribution in [3.63, 3.8) is 0 Å². The molecule has 0 bridgehead atoms. The lowest BCUT2D eigenvalue weighted by Gasteiger charge is -2.24. The van der Waals surface area contributed by atoms with Crippen LogP contribution in [0.2, 0.25) is 5.02 Å². The van der Waals surface area contributed by atoms with Crippen LogP contribution < -0.4 is 14.4 Å². The van der Waals surface area contributed by atoms with Gasteiger partial charge < -0.3 is 19.3 Å². The van der Waals surface area contributed by atoms with Crippen molar-refractivity contribution < 1.29 is 23.9 Å². The van der Waals surface area contributed by atoms with Crippen molar-refractivity contribution in [2.45, 2.75) is 13.0 Å². The van der Waals surface area contributed by atoms with Gasteiger partial charge in [0.25, 0.3) is 5.91 Å². The molecule has 0 aliphatic carbocycles. The Labute approximate surface area is 208 Å². The number of rotatable bonds is 9. The molecule has 3 rings (SSSR count). The highest BCUT2D eigenvalue weighted by Gasteiger charge is 2.23. The maximum atomic E-state index is 13.4. The van der Waals surface area contributed by atoms with Gasteiger partial charge >= 0.3 is 0 Å². The van der Waals surface area contributed by atoms with Crippen molar-refractivity contribution in [3.8, 4) is 11.6 Å². The molecule has 10 heteroatoms. The predicted octanol–water partition coefficient (Wildman–Crippen LogP) is 3.66. The minimum atomic E-state index is -0.563. The van der Waals surface area contributed by atoms with E-state index < -0.39 is 18.1 Å². The van der Waals surface area contributed by atoms with Crippen molar-refractivity contribution in [2.75, 3.05) is 33.2 Å². The summed E-state index contributed by atoms with van der Waals surface area (Å²) in [5, 5.41) is 0.384. The lowest BCUT2D eigenvalue weighted by Crippen LogP contribution is -2.32. The van der Waals surface area contributed by atoms with E-state index in [2.05, 4.69) is 9.97 Å². The van der Waals surface area contributed by atoms with Gasteiger partial charge in [0, 0.05) is 37.6 Å². The molecule has 0 fully saturated rings. The summed E-state index contributed by atoms with van der Waals surface area (Å²) in [7, 11) is 6.22. The summed E-state index contributed by atoms with van der Waals surface area (Å²) >= 11 is 6.27. The summed E-state index contributed by atoms with van der Waals surface area (Å²) in [4.78, 5) is 49.5. The fraction of sp³-hybridized carbons (Fsp3) is 0.240. The highest BCUT2D eigenvalue weighted by molar-refractivity contribution is 6.32. The Balaban J connectivity index is 1.95. The molecule has 0 saturated heterocycles. The second-order valence-electron chi connectivity index (χ2n) is 7.72. The molecule has 1 heterocycles. The first-order valence-corrected chi connectivity index (χ1v) is 11.0. The van der Waals surface area contributed by atoms with Crippen LogP contribution in [0.1, 0.15) is 33.0 Å².